The van der Waals surface area contributed by atoms with Crippen molar-refractivity contribution in [2.45, 2.75) is 11.3 Å². The van der Waals surface area contributed by atoms with E-state index in [0.717, 1.165) is 4.88 Å². The number of nitrogens with two attached hydrogens (primary N) is 1. The average Bonchev–Trinajstić information content (AvgIpc) is 3.36. The maximum atomic E-state index is 12.8. The van der Waals surface area contributed by atoms with Gasteiger partial charge in [0.1, 0.15) is 5.75 Å². The Balaban J connectivity index is 1.47. The van der Waals surface area contributed by atoms with Gasteiger partial charge in [-0.05, 0) is 23.6 Å². The molecule has 10 heteroatoms. The molecular weight excluding hydrogens is 386 g/mol. The largest absolute Gasteiger partial charge is 0.477 e. The Kier molecular flexibility index (Phi) is 4.82. The first kappa shape index (κ1) is 17.6. The summed E-state index contributed by atoms with van der Waals surface area (Å²) in [6, 6.07) is 10.9. The van der Waals surface area contributed by atoms with E-state index in [1.165, 1.54) is 16.7 Å². The van der Waals surface area contributed by atoms with Crippen molar-refractivity contribution in [3.63, 3.8) is 0 Å². The Morgan fingerprint density at radius 1 is 1.33 bits per heavy atom. The Hall–Kier alpha value is -2.85. The van der Waals surface area contributed by atoms with Gasteiger partial charge in [0.25, 0.3) is 5.91 Å². The van der Waals surface area contributed by atoms with Crippen LogP contribution in [0.5, 0.6) is 5.75 Å². The predicted octanol–water partition coefficient (Wildman–Crippen LogP) is 1.90. The van der Waals surface area contributed by atoms with Gasteiger partial charge in [0.2, 0.25) is 11.1 Å². The van der Waals surface area contributed by atoms with Crippen LogP contribution in [0.4, 0.5) is 5.69 Å². The third-order valence-corrected chi connectivity index (χ3v) is 5.64. The van der Waals surface area contributed by atoms with Crippen LogP contribution in [0, 0.1) is 0 Å². The summed E-state index contributed by atoms with van der Waals surface area (Å²) in [5.74, 6) is 0.477. The molecule has 0 aliphatic carbocycles. The van der Waals surface area contributed by atoms with Gasteiger partial charge >= 0.3 is 0 Å². The normalized spacial score (nSPS) is 15.9. The zero-order chi connectivity index (χ0) is 18.8. The minimum Gasteiger partial charge on any atom is -0.477 e. The number of ether oxygens (including phenoxy) is 1. The number of anilines is 1. The Bertz CT molecular complexity index is 973. The van der Waals surface area contributed by atoms with Crippen molar-refractivity contribution in [1.82, 2.24) is 15.2 Å². The van der Waals surface area contributed by atoms with Crippen LogP contribution in [-0.4, -0.2) is 45.4 Å². The lowest BCUT2D eigenvalue weighted by molar-refractivity contribution is -0.125. The van der Waals surface area contributed by atoms with Crippen LogP contribution in [-0.2, 0) is 9.59 Å². The zero-order valence-corrected chi connectivity index (χ0v) is 15.6. The van der Waals surface area contributed by atoms with E-state index in [0.29, 0.717) is 22.4 Å². The summed E-state index contributed by atoms with van der Waals surface area (Å²) in [6.45, 7) is 0.0835. The fraction of sp³-hybridized carbons (Fsp3) is 0.176. The van der Waals surface area contributed by atoms with Gasteiger partial charge in [0.15, 0.2) is 11.9 Å². The third-order valence-electron chi connectivity index (χ3n) is 3.94. The maximum absolute atomic E-state index is 12.8. The summed E-state index contributed by atoms with van der Waals surface area (Å²) in [7, 11) is 0. The lowest BCUT2D eigenvalue weighted by atomic mass is 10.2. The standard InChI is InChI=1S/C17H15N5O3S2/c18-15(24)12-8-22(10-4-1-2-5-11(10)25-12)14(23)9-27-17-19-16(20-21-17)13-6-3-7-26-13/h1-7,12H,8-9H2,(H2,18,24)(H,19,20,21). The van der Waals surface area contributed by atoms with E-state index in [-0.39, 0.29) is 18.2 Å². The van der Waals surface area contributed by atoms with E-state index in [2.05, 4.69) is 15.2 Å². The molecule has 4 rings (SSSR count). The number of hydrogen-bond donors (Lipinski definition) is 2. The van der Waals surface area contributed by atoms with Gasteiger partial charge in [-0.25, -0.2) is 4.98 Å². The van der Waals surface area contributed by atoms with Crippen LogP contribution in [0.1, 0.15) is 0 Å². The molecule has 1 aliphatic rings. The molecule has 0 saturated carbocycles. The smallest absolute Gasteiger partial charge is 0.260 e. The highest BCUT2D eigenvalue weighted by atomic mass is 32.2. The molecule has 1 aromatic carbocycles. The predicted molar refractivity (Wildman–Crippen MR) is 103 cm³/mol. The number of carbonyl (C=O) groups is 2. The second-order valence-corrected chi connectivity index (χ2v) is 7.60. The van der Waals surface area contributed by atoms with Crippen LogP contribution in [0.25, 0.3) is 10.7 Å². The van der Waals surface area contributed by atoms with Crippen LogP contribution < -0.4 is 15.4 Å². The highest BCUT2D eigenvalue weighted by Gasteiger charge is 2.32. The first-order valence-corrected chi connectivity index (χ1v) is 9.93. The van der Waals surface area contributed by atoms with Gasteiger partial charge in [-0.3, -0.25) is 14.7 Å². The molecule has 1 atom stereocenters. The number of thiophene rings is 1. The molecule has 0 bridgehead atoms. The molecule has 3 heterocycles. The third kappa shape index (κ3) is 3.67. The molecule has 0 fully saturated rings. The summed E-state index contributed by atoms with van der Waals surface area (Å²) in [5, 5.41) is 9.46. The molecule has 3 aromatic rings. The minimum absolute atomic E-state index is 0.0835. The number of amides is 2. The van der Waals surface area contributed by atoms with Gasteiger partial charge in [-0.1, -0.05) is 30.0 Å². The fourth-order valence-electron chi connectivity index (χ4n) is 2.66. The molecular formula is C17H15N5O3S2. The lowest BCUT2D eigenvalue weighted by Crippen LogP contribution is -2.49. The van der Waals surface area contributed by atoms with E-state index in [9.17, 15) is 9.59 Å². The van der Waals surface area contributed by atoms with Gasteiger partial charge in [-0.15, -0.1) is 16.4 Å². The minimum atomic E-state index is -0.872. The number of aromatic amines is 1. The summed E-state index contributed by atoms with van der Waals surface area (Å²) < 4.78 is 5.58. The highest BCUT2D eigenvalue weighted by molar-refractivity contribution is 7.99. The van der Waals surface area contributed by atoms with Gasteiger partial charge in [-0.2, -0.15) is 0 Å². The Morgan fingerprint density at radius 2 is 2.19 bits per heavy atom. The van der Waals surface area contributed by atoms with Crippen molar-refractivity contribution >= 4 is 40.6 Å². The van der Waals surface area contributed by atoms with Crippen LogP contribution in [0.15, 0.2) is 46.9 Å². The first-order valence-electron chi connectivity index (χ1n) is 8.06. The first-order chi connectivity index (χ1) is 13.1. The van der Waals surface area contributed by atoms with Crippen molar-refractivity contribution in [3.8, 4) is 16.5 Å². The molecule has 138 valence electrons. The number of nitrogens with one attached hydrogen (secondary N) is 1. The SMILES string of the molecule is NC(=O)C1CN(C(=O)CSc2n[nH]c(-c3cccs3)n2)c2ccccc2O1. The van der Waals surface area contributed by atoms with Crippen LogP contribution in [0.2, 0.25) is 0 Å². The Labute approximate surface area is 162 Å². The molecule has 1 aliphatic heterocycles. The van der Waals surface area contributed by atoms with Crippen molar-refractivity contribution in [2.24, 2.45) is 5.73 Å². The molecule has 1 unspecified atom stereocenters. The number of fused-ring (bicyclic) bond motifs is 1. The molecule has 0 radical (unpaired) electrons. The van der Waals surface area contributed by atoms with E-state index >= 15 is 0 Å². The van der Waals surface area contributed by atoms with Crippen LogP contribution in [0.3, 0.4) is 0 Å². The number of aromatic nitrogens is 3. The molecule has 27 heavy (non-hydrogen) atoms. The molecule has 0 saturated heterocycles. The van der Waals surface area contributed by atoms with Crippen molar-refractivity contribution in [2.75, 3.05) is 17.2 Å². The van der Waals surface area contributed by atoms with Crippen LogP contribution >= 0.6 is 23.1 Å². The molecule has 3 N–H and O–H groups in total. The zero-order valence-electron chi connectivity index (χ0n) is 14.0. The number of para-hydroxylation sites is 2. The topological polar surface area (TPSA) is 114 Å². The monoisotopic (exact) mass is 401 g/mol. The number of nitrogens with zero attached hydrogens (tertiary/aromatic N) is 3. The number of benzene rings is 1. The summed E-state index contributed by atoms with van der Waals surface area (Å²) in [5.41, 5.74) is 5.99. The highest BCUT2D eigenvalue weighted by Crippen LogP contribution is 2.33. The van der Waals surface area contributed by atoms with Gasteiger partial charge in [0.05, 0.1) is 22.9 Å². The summed E-state index contributed by atoms with van der Waals surface area (Å²) in [6.07, 6.45) is -0.872. The number of H-pyrrole nitrogens is 1. The van der Waals surface area contributed by atoms with Gasteiger partial charge < -0.3 is 15.4 Å². The number of rotatable bonds is 5. The van der Waals surface area contributed by atoms with E-state index in [4.69, 9.17) is 10.5 Å². The average molecular weight is 401 g/mol. The molecule has 0 spiro atoms. The summed E-state index contributed by atoms with van der Waals surface area (Å²) >= 11 is 2.78. The quantitative estimate of drug-likeness (QED) is 0.631. The van der Waals surface area contributed by atoms with E-state index in [1.54, 1.807) is 29.5 Å². The second-order valence-electron chi connectivity index (χ2n) is 5.71. The van der Waals surface area contributed by atoms with Gasteiger partial charge in [0, 0.05) is 0 Å². The lowest BCUT2D eigenvalue weighted by Gasteiger charge is -2.33. The second kappa shape index (κ2) is 7.41. The number of carbonyl (C=O) groups excluding carboxylic acids is 2. The molecule has 2 aromatic heterocycles. The number of hydrogen-bond acceptors (Lipinski definition) is 7. The number of thioether (sulfide) groups is 1. The van der Waals surface area contributed by atoms with Crippen molar-refractivity contribution in [1.29, 1.82) is 0 Å². The van der Waals surface area contributed by atoms with E-state index in [1.807, 2.05) is 23.6 Å². The molecule has 2 amide bonds. The number of primary amides is 1. The van der Waals surface area contributed by atoms with Crippen molar-refractivity contribution in [3.05, 3.63) is 41.8 Å². The molecule has 8 nitrogen and oxygen atoms in total. The van der Waals surface area contributed by atoms with Crippen molar-refractivity contribution < 1.29 is 14.3 Å². The van der Waals surface area contributed by atoms with E-state index < -0.39 is 12.0 Å². The maximum Gasteiger partial charge on any atom is 0.260 e. The Morgan fingerprint density at radius 3 is 2.96 bits per heavy atom. The summed E-state index contributed by atoms with van der Waals surface area (Å²) in [4.78, 5) is 31.2. The fourth-order valence-corrected chi connectivity index (χ4v) is 4.00.